The highest BCUT2D eigenvalue weighted by Gasteiger charge is 2.30. The Morgan fingerprint density at radius 2 is 0.375 bits per heavy atom. The molecule has 1 aliphatic heterocycles. The van der Waals surface area contributed by atoms with Gasteiger partial charge in [-0.05, 0) is 233 Å². The summed E-state index contributed by atoms with van der Waals surface area (Å²) in [5.41, 5.74) is 27.5. The molecule has 0 radical (unpaired) electrons. The third kappa shape index (κ3) is 13.6. The third-order valence-corrected chi connectivity index (χ3v) is 18.1. The average Bonchev–Trinajstić information content (AvgIpc) is 1.20. The molecule has 0 bridgehead atoms. The van der Waals surface area contributed by atoms with Gasteiger partial charge in [0.15, 0.2) is 11.5 Å². The number of anilines is 3. The van der Waals surface area contributed by atoms with Crippen molar-refractivity contribution in [2.24, 2.45) is 0 Å². The first-order chi connectivity index (χ1) is 40.6. The van der Waals surface area contributed by atoms with Gasteiger partial charge in [-0.25, -0.2) is 0 Å². The number of nitrogens with zero attached hydrogens (tertiary/aromatic N) is 1. The number of rotatable bonds is 7. The van der Waals surface area contributed by atoms with E-state index < -0.39 is 0 Å². The first-order valence-electron chi connectivity index (χ1n) is 32.4. The zero-order chi connectivity index (χ0) is 64.2. The van der Waals surface area contributed by atoms with Crippen molar-refractivity contribution in [3.8, 4) is 78.3 Å². The highest BCUT2D eigenvalue weighted by atomic mass is 16.5. The van der Waals surface area contributed by atoms with Gasteiger partial charge in [-0.1, -0.05) is 263 Å². The number of hydrogen-bond acceptors (Lipinski definition) is 2. The lowest BCUT2D eigenvalue weighted by Gasteiger charge is -2.33. The molecule has 0 aliphatic carbocycles. The van der Waals surface area contributed by atoms with Crippen LogP contribution in [0.1, 0.15) is 211 Å². The number of para-hydroxylation sites is 4. The lowest BCUT2D eigenvalue weighted by atomic mass is 9.77. The molecule has 1 heterocycles. The van der Waals surface area contributed by atoms with Gasteiger partial charge in [-0.2, -0.15) is 0 Å². The average molecular weight is 1160 g/mol. The van der Waals surface area contributed by atoms with Crippen LogP contribution in [0.25, 0.3) is 66.8 Å². The normalized spacial score (nSPS) is 13.5. The van der Waals surface area contributed by atoms with Crippen LogP contribution in [0.3, 0.4) is 0 Å². The van der Waals surface area contributed by atoms with Gasteiger partial charge in [-0.3, -0.25) is 0 Å². The first kappa shape index (κ1) is 63.6. The predicted octanol–water partition coefficient (Wildman–Crippen LogP) is 25.6. The van der Waals surface area contributed by atoms with Crippen molar-refractivity contribution in [3.05, 3.63) is 220 Å². The maximum Gasteiger partial charge on any atom is 0.151 e. The molecule has 9 aromatic rings. The molecule has 0 N–H and O–H groups in total. The lowest BCUT2D eigenvalue weighted by Crippen LogP contribution is -2.16. The lowest BCUT2D eigenvalue weighted by molar-refractivity contribution is 0.477. The minimum Gasteiger partial charge on any atom is -0.453 e. The van der Waals surface area contributed by atoms with Crippen molar-refractivity contribution in [1.29, 1.82) is 0 Å². The topological polar surface area (TPSA) is 12.5 Å². The summed E-state index contributed by atoms with van der Waals surface area (Å²) in [4.78, 5) is 2.42. The van der Waals surface area contributed by atoms with Crippen molar-refractivity contribution >= 4 is 17.1 Å². The molecule has 0 amide bonds. The molecular weight excluding hydrogens is 1060 g/mol. The second-order valence-electron chi connectivity index (χ2n) is 33.9. The first-order valence-corrected chi connectivity index (χ1v) is 32.4. The van der Waals surface area contributed by atoms with Crippen LogP contribution >= 0.6 is 0 Å². The molecule has 0 spiro atoms. The molecule has 456 valence electrons. The van der Waals surface area contributed by atoms with Crippen LogP contribution in [0.5, 0.6) is 11.5 Å². The van der Waals surface area contributed by atoms with Gasteiger partial charge in [0.05, 0.1) is 11.4 Å². The molecule has 2 heteroatoms. The van der Waals surface area contributed by atoms with Gasteiger partial charge >= 0.3 is 0 Å². The van der Waals surface area contributed by atoms with Gasteiger partial charge in [-0.15, -0.1) is 0 Å². The SMILES string of the molecule is CC(C)(C)c1cc(-c2cc(-c3cc(-c4cc(-c5cc(C(C)(C)C)cc(C(C)(C)C)c5)cc(-c5cc(C(C)(C)C)cc(C(C)(C)C)c5)c4)cc(N4c5ccccc5Oc5ccccc54)c3)cc(-c3cc(C(C)(C)C)cc(C(C)(C)C)c3)c2)cc(C(C)(C)C)c1. The van der Waals surface area contributed by atoms with Crippen molar-refractivity contribution < 1.29 is 4.74 Å². The predicted molar refractivity (Wildman–Crippen MR) is 383 cm³/mol. The summed E-state index contributed by atoms with van der Waals surface area (Å²) < 4.78 is 6.74. The summed E-state index contributed by atoms with van der Waals surface area (Å²) in [6.07, 6.45) is 0. The molecule has 0 unspecified atom stereocenters. The van der Waals surface area contributed by atoms with Crippen LogP contribution in [0.4, 0.5) is 17.1 Å². The molecule has 0 atom stereocenters. The standard InChI is InChI=1S/C86H101NO/c1-79(2,3)66-40-62(41-67(50-66)80(4,5)6)56-33-54(34-57(37-56)63-42-68(81(7,8)9)51-69(43-63)82(10,11)12)60-39-61(49-74(48-60)87-75-29-25-27-31-77(75)88-78-32-28-26-30-76(78)87)55-35-58(64-44-70(83(13,14)15)52-71(45-64)84(16,17)18)38-59(36-55)65-46-72(85(19,20)21)53-73(47-65)86(22,23)24/h25-53H,1-24H3. The molecule has 0 fully saturated rings. The number of fused-ring (bicyclic) bond motifs is 2. The van der Waals surface area contributed by atoms with E-state index in [9.17, 15) is 0 Å². The smallest absolute Gasteiger partial charge is 0.151 e. The van der Waals surface area contributed by atoms with E-state index in [2.05, 4.69) is 347 Å². The fourth-order valence-electron chi connectivity index (χ4n) is 12.0. The Morgan fingerprint density at radius 3 is 0.568 bits per heavy atom. The van der Waals surface area contributed by atoms with Crippen LogP contribution in [0.15, 0.2) is 176 Å². The quantitative estimate of drug-likeness (QED) is 0.158. The Labute approximate surface area is 531 Å². The molecule has 9 aromatic carbocycles. The van der Waals surface area contributed by atoms with E-state index in [4.69, 9.17) is 4.74 Å². The summed E-state index contributed by atoms with van der Waals surface area (Å²) in [5.74, 6) is 1.65. The van der Waals surface area contributed by atoms with E-state index in [0.717, 1.165) is 50.8 Å². The molecule has 1 aliphatic rings. The summed E-state index contributed by atoms with van der Waals surface area (Å²) >= 11 is 0. The van der Waals surface area contributed by atoms with Gasteiger partial charge in [0.25, 0.3) is 0 Å². The molecule has 0 saturated carbocycles. The van der Waals surface area contributed by atoms with Gasteiger partial charge in [0, 0.05) is 5.69 Å². The van der Waals surface area contributed by atoms with Crippen molar-refractivity contribution in [3.63, 3.8) is 0 Å². The zero-order valence-electron chi connectivity index (χ0n) is 58.1. The fraction of sp³-hybridized carbons (Fsp3) is 0.372. The minimum atomic E-state index is -0.0643. The second kappa shape index (κ2) is 22.3. The van der Waals surface area contributed by atoms with Crippen LogP contribution in [0.2, 0.25) is 0 Å². The monoisotopic (exact) mass is 1160 g/mol. The molecule has 10 rings (SSSR count). The third-order valence-electron chi connectivity index (χ3n) is 18.1. The largest absolute Gasteiger partial charge is 0.453 e. The summed E-state index contributed by atoms with van der Waals surface area (Å²) in [5, 5.41) is 0. The molecule has 0 aromatic heterocycles. The molecule has 88 heavy (non-hydrogen) atoms. The van der Waals surface area contributed by atoms with E-state index in [1.165, 1.54) is 89.0 Å². The molecule has 0 saturated heterocycles. The number of benzene rings is 9. The van der Waals surface area contributed by atoms with E-state index in [0.29, 0.717) is 0 Å². The van der Waals surface area contributed by atoms with Gasteiger partial charge < -0.3 is 9.64 Å². The Bertz CT molecular complexity index is 3540. The van der Waals surface area contributed by atoms with Crippen molar-refractivity contribution in [2.45, 2.75) is 209 Å². The number of hydrogen-bond donors (Lipinski definition) is 0. The van der Waals surface area contributed by atoms with Crippen molar-refractivity contribution in [1.82, 2.24) is 0 Å². The second-order valence-corrected chi connectivity index (χ2v) is 33.9. The zero-order valence-corrected chi connectivity index (χ0v) is 58.1. The van der Waals surface area contributed by atoms with E-state index in [-0.39, 0.29) is 43.3 Å². The molecular formula is C86H101NO. The Hall–Kier alpha value is -7.42. The maximum absolute atomic E-state index is 6.74. The Morgan fingerprint density at radius 1 is 0.205 bits per heavy atom. The number of ether oxygens (including phenoxy) is 1. The summed E-state index contributed by atoms with van der Waals surface area (Å²) in [7, 11) is 0. The summed E-state index contributed by atoms with van der Waals surface area (Å²) in [6, 6.07) is 68.6. The van der Waals surface area contributed by atoms with Crippen LogP contribution in [-0.2, 0) is 43.3 Å². The van der Waals surface area contributed by atoms with E-state index >= 15 is 0 Å². The van der Waals surface area contributed by atoms with Gasteiger partial charge in [0.2, 0.25) is 0 Å². The van der Waals surface area contributed by atoms with Crippen LogP contribution in [0, 0.1) is 0 Å². The highest BCUT2D eigenvalue weighted by Crippen LogP contribution is 2.52. The highest BCUT2D eigenvalue weighted by molar-refractivity contribution is 5.93. The van der Waals surface area contributed by atoms with E-state index in [1.54, 1.807) is 0 Å². The van der Waals surface area contributed by atoms with Gasteiger partial charge in [0.1, 0.15) is 0 Å². The van der Waals surface area contributed by atoms with Crippen LogP contribution in [-0.4, -0.2) is 0 Å². The Kier molecular flexibility index (Phi) is 16.1. The minimum absolute atomic E-state index is 0.0643. The Balaban J connectivity index is 1.35. The maximum atomic E-state index is 6.74. The molecule has 2 nitrogen and oxygen atoms in total. The summed E-state index contributed by atoms with van der Waals surface area (Å²) in [6.45, 7) is 56.3. The van der Waals surface area contributed by atoms with Crippen LogP contribution < -0.4 is 9.64 Å². The van der Waals surface area contributed by atoms with E-state index in [1.807, 2.05) is 0 Å². The van der Waals surface area contributed by atoms with Crippen molar-refractivity contribution in [2.75, 3.05) is 4.90 Å². The fourth-order valence-corrected chi connectivity index (χ4v) is 12.0.